The van der Waals surface area contributed by atoms with Gasteiger partial charge in [-0.05, 0) is 30.2 Å². The van der Waals surface area contributed by atoms with Crippen molar-refractivity contribution in [3.05, 3.63) is 34.9 Å². The Morgan fingerprint density at radius 2 is 2.07 bits per heavy atom. The van der Waals surface area contributed by atoms with Crippen LogP contribution >= 0.6 is 0 Å². The Balaban J connectivity index is 1.64. The Labute approximate surface area is 155 Å². The number of amides is 3. The summed E-state index contributed by atoms with van der Waals surface area (Å²) in [6.45, 7) is -0.0856. The van der Waals surface area contributed by atoms with Gasteiger partial charge in [-0.25, -0.2) is 8.78 Å². The van der Waals surface area contributed by atoms with E-state index >= 15 is 0 Å². The Morgan fingerprint density at radius 3 is 2.78 bits per heavy atom. The van der Waals surface area contributed by atoms with E-state index in [0.29, 0.717) is 24.1 Å². The van der Waals surface area contributed by atoms with Crippen molar-refractivity contribution in [2.24, 2.45) is 5.73 Å². The number of hydrogen-bond donors (Lipinski definition) is 3. The van der Waals surface area contributed by atoms with E-state index in [1.165, 1.54) is 4.90 Å². The van der Waals surface area contributed by atoms with Crippen molar-refractivity contribution >= 4 is 17.7 Å². The second-order valence-electron chi connectivity index (χ2n) is 6.89. The van der Waals surface area contributed by atoms with E-state index in [2.05, 4.69) is 10.6 Å². The number of nitrogens with zero attached hydrogens (tertiary/aromatic N) is 1. The number of fused-ring (bicyclic) bond motifs is 1. The van der Waals surface area contributed by atoms with Crippen LogP contribution in [0, 0.1) is 0 Å². The number of carbonyl (C=O) groups is 3. The fourth-order valence-corrected chi connectivity index (χ4v) is 3.40. The molecule has 1 unspecified atom stereocenters. The first-order valence-corrected chi connectivity index (χ1v) is 8.86. The first-order valence-electron chi connectivity index (χ1n) is 8.86. The van der Waals surface area contributed by atoms with Gasteiger partial charge in [-0.3, -0.25) is 19.7 Å². The van der Waals surface area contributed by atoms with E-state index in [1.807, 2.05) is 0 Å². The lowest BCUT2D eigenvalue weighted by molar-refractivity contribution is -0.136. The van der Waals surface area contributed by atoms with Crippen molar-refractivity contribution in [2.75, 3.05) is 13.1 Å². The number of nitrogens with two attached hydrogens (primary N) is 1. The second kappa shape index (κ2) is 7.69. The molecule has 4 N–H and O–H groups in total. The Morgan fingerprint density at radius 1 is 1.30 bits per heavy atom. The van der Waals surface area contributed by atoms with E-state index in [9.17, 15) is 23.2 Å². The fraction of sp³-hybridized carbons (Fsp3) is 0.500. The topological polar surface area (TPSA) is 105 Å². The van der Waals surface area contributed by atoms with E-state index in [4.69, 9.17) is 5.73 Å². The minimum Gasteiger partial charge on any atom is -0.330 e. The summed E-state index contributed by atoms with van der Waals surface area (Å²) in [5.74, 6) is -3.95. The molecular formula is C18H22F2N4O3. The van der Waals surface area contributed by atoms with Gasteiger partial charge < -0.3 is 16.0 Å². The third kappa shape index (κ3) is 4.30. The molecule has 2 aliphatic heterocycles. The smallest absolute Gasteiger partial charge is 0.261 e. The van der Waals surface area contributed by atoms with Gasteiger partial charge in [0.05, 0.1) is 6.54 Å². The third-order valence-electron chi connectivity index (χ3n) is 4.82. The van der Waals surface area contributed by atoms with Gasteiger partial charge in [-0.2, -0.15) is 0 Å². The van der Waals surface area contributed by atoms with Gasteiger partial charge in [0, 0.05) is 31.5 Å². The van der Waals surface area contributed by atoms with Crippen LogP contribution in [0.25, 0.3) is 0 Å². The maximum absolute atomic E-state index is 13.5. The van der Waals surface area contributed by atoms with Crippen molar-refractivity contribution < 1.29 is 23.2 Å². The van der Waals surface area contributed by atoms with E-state index in [-0.39, 0.29) is 37.7 Å². The zero-order valence-electron chi connectivity index (χ0n) is 14.8. The summed E-state index contributed by atoms with van der Waals surface area (Å²) in [6, 6.07) is 4.54. The van der Waals surface area contributed by atoms with Crippen LogP contribution in [0.15, 0.2) is 18.2 Å². The average molecular weight is 380 g/mol. The minimum atomic E-state index is -2.87. The quantitative estimate of drug-likeness (QED) is 0.599. The number of alkyl halides is 2. The summed E-state index contributed by atoms with van der Waals surface area (Å²) in [5, 5.41) is 4.94. The van der Waals surface area contributed by atoms with Gasteiger partial charge in [0.15, 0.2) is 0 Å². The van der Waals surface area contributed by atoms with Crippen molar-refractivity contribution in [1.29, 1.82) is 0 Å². The Hall–Kier alpha value is -2.39. The lowest BCUT2D eigenvalue weighted by Crippen LogP contribution is -2.52. The van der Waals surface area contributed by atoms with Crippen LogP contribution in [0.2, 0.25) is 0 Å². The SMILES string of the molecule is NCCC(F)(F)CNCc1ccc2c(c1)C(=O)N(C1CCC(=O)NC1=O)C2. The standard InChI is InChI=1S/C18H22F2N4O3/c19-18(20,5-6-21)10-22-8-11-1-2-12-9-24(17(27)13(12)7-11)14-3-4-15(25)23-16(14)26/h1-2,7,14,22H,3-6,8-10,21H2,(H,23,25,26). The molecule has 0 aromatic heterocycles. The van der Waals surface area contributed by atoms with Crippen molar-refractivity contribution in [2.45, 2.75) is 44.3 Å². The summed E-state index contributed by atoms with van der Waals surface area (Å²) in [7, 11) is 0. The largest absolute Gasteiger partial charge is 0.330 e. The van der Waals surface area contributed by atoms with Gasteiger partial charge >= 0.3 is 0 Å². The minimum absolute atomic E-state index is 0.0851. The molecule has 146 valence electrons. The number of halogens is 2. The van der Waals surface area contributed by atoms with Gasteiger partial charge in [-0.15, -0.1) is 0 Å². The first kappa shape index (κ1) is 19.4. The molecular weight excluding hydrogens is 358 g/mol. The highest BCUT2D eigenvalue weighted by molar-refractivity contribution is 6.05. The summed E-state index contributed by atoms with van der Waals surface area (Å²) >= 11 is 0. The van der Waals surface area contributed by atoms with Crippen molar-refractivity contribution in [3.63, 3.8) is 0 Å². The molecule has 0 aliphatic carbocycles. The number of rotatable bonds is 7. The van der Waals surface area contributed by atoms with Crippen molar-refractivity contribution in [1.82, 2.24) is 15.5 Å². The van der Waals surface area contributed by atoms with Crippen LogP contribution in [0.4, 0.5) is 8.78 Å². The van der Waals surface area contributed by atoms with Crippen LogP contribution in [-0.4, -0.2) is 47.7 Å². The molecule has 0 spiro atoms. The monoisotopic (exact) mass is 380 g/mol. The maximum atomic E-state index is 13.5. The first-order chi connectivity index (χ1) is 12.8. The van der Waals surface area contributed by atoms with Gasteiger partial charge in [0.1, 0.15) is 6.04 Å². The van der Waals surface area contributed by atoms with E-state index in [0.717, 1.165) is 5.56 Å². The highest BCUT2D eigenvalue weighted by atomic mass is 19.3. The molecule has 27 heavy (non-hydrogen) atoms. The third-order valence-corrected chi connectivity index (χ3v) is 4.82. The lowest BCUT2D eigenvalue weighted by Gasteiger charge is -2.29. The molecule has 9 heteroatoms. The lowest BCUT2D eigenvalue weighted by atomic mass is 10.0. The molecule has 1 saturated heterocycles. The molecule has 3 amide bonds. The molecule has 1 atom stereocenters. The van der Waals surface area contributed by atoms with Gasteiger partial charge in [-0.1, -0.05) is 12.1 Å². The molecule has 1 aromatic rings. The number of hydrogen-bond acceptors (Lipinski definition) is 5. The molecule has 1 aromatic carbocycles. The molecule has 3 rings (SSSR count). The highest BCUT2D eigenvalue weighted by Crippen LogP contribution is 2.28. The average Bonchev–Trinajstić information content (AvgIpc) is 2.91. The zero-order chi connectivity index (χ0) is 19.6. The number of imide groups is 1. The fourth-order valence-electron chi connectivity index (χ4n) is 3.40. The van der Waals surface area contributed by atoms with Crippen LogP contribution in [0.3, 0.4) is 0 Å². The molecule has 0 radical (unpaired) electrons. The normalized spacial score (nSPS) is 20.0. The molecule has 0 bridgehead atoms. The summed E-state index contributed by atoms with van der Waals surface area (Å²) in [6.07, 6.45) is 0.112. The number of benzene rings is 1. The van der Waals surface area contributed by atoms with Crippen molar-refractivity contribution in [3.8, 4) is 0 Å². The molecule has 2 heterocycles. The predicted octanol–water partition coefficient (Wildman–Crippen LogP) is 0.521. The molecule has 1 fully saturated rings. The summed E-state index contributed by atoms with van der Waals surface area (Å²) in [5.41, 5.74) is 7.12. The second-order valence-corrected chi connectivity index (χ2v) is 6.89. The highest BCUT2D eigenvalue weighted by Gasteiger charge is 2.39. The zero-order valence-corrected chi connectivity index (χ0v) is 14.8. The Bertz CT molecular complexity index is 769. The Kier molecular flexibility index (Phi) is 5.52. The summed E-state index contributed by atoms with van der Waals surface area (Å²) < 4.78 is 26.9. The van der Waals surface area contributed by atoms with Crippen LogP contribution in [-0.2, 0) is 22.7 Å². The van der Waals surface area contributed by atoms with Gasteiger partial charge in [0.2, 0.25) is 11.8 Å². The van der Waals surface area contributed by atoms with Gasteiger partial charge in [0.25, 0.3) is 11.8 Å². The number of nitrogens with one attached hydrogen (secondary N) is 2. The number of piperidine rings is 1. The van der Waals surface area contributed by atoms with Crippen LogP contribution in [0.1, 0.15) is 40.7 Å². The van der Waals surface area contributed by atoms with E-state index < -0.39 is 24.4 Å². The summed E-state index contributed by atoms with van der Waals surface area (Å²) in [4.78, 5) is 37.5. The van der Waals surface area contributed by atoms with Crippen LogP contribution < -0.4 is 16.4 Å². The molecule has 7 nitrogen and oxygen atoms in total. The number of carbonyl (C=O) groups excluding carboxylic acids is 3. The predicted molar refractivity (Wildman–Crippen MR) is 92.8 cm³/mol. The van der Waals surface area contributed by atoms with Crippen LogP contribution in [0.5, 0.6) is 0 Å². The maximum Gasteiger partial charge on any atom is 0.261 e. The van der Waals surface area contributed by atoms with E-state index in [1.54, 1.807) is 18.2 Å². The molecule has 2 aliphatic rings. The molecule has 0 saturated carbocycles.